The van der Waals surface area contributed by atoms with E-state index in [4.69, 9.17) is 10.7 Å². The quantitative estimate of drug-likeness (QED) is 0.209. The van der Waals surface area contributed by atoms with Crippen LogP contribution in [0.1, 0.15) is 6.92 Å². The lowest BCUT2D eigenvalue weighted by atomic mass is 10.0. The molecule has 0 saturated heterocycles. The number of hydrogen-bond acceptors (Lipinski definition) is 7. The van der Waals surface area contributed by atoms with Crippen molar-refractivity contribution in [2.45, 2.75) is 6.92 Å². The van der Waals surface area contributed by atoms with Gasteiger partial charge in [0.2, 0.25) is 17.8 Å². The molecule has 4 rings (SSSR count). The van der Waals surface area contributed by atoms with Crippen LogP contribution in [0, 0.1) is 0 Å². The van der Waals surface area contributed by atoms with Crippen LogP contribution >= 0.6 is 0 Å². The van der Waals surface area contributed by atoms with E-state index in [9.17, 15) is 9.59 Å². The first-order chi connectivity index (χ1) is 18.4. The van der Waals surface area contributed by atoms with Gasteiger partial charge in [0.15, 0.2) is 0 Å². The molecule has 1 heterocycles. The van der Waals surface area contributed by atoms with E-state index in [2.05, 4.69) is 27.5 Å². The number of nitrogens with two attached hydrogens (primary N) is 1. The van der Waals surface area contributed by atoms with Crippen molar-refractivity contribution < 1.29 is 9.59 Å². The fraction of sp³-hybridized carbons (Fsp3) is 0.172. The molecule has 0 fully saturated rings. The Bertz CT molecular complexity index is 1440. The summed E-state index contributed by atoms with van der Waals surface area (Å²) in [6.07, 6.45) is 3.03. The van der Waals surface area contributed by atoms with Crippen LogP contribution in [0.25, 0.3) is 22.0 Å². The minimum absolute atomic E-state index is 0.256. The van der Waals surface area contributed by atoms with Crippen molar-refractivity contribution in [3.63, 3.8) is 0 Å². The fourth-order valence-corrected chi connectivity index (χ4v) is 4.03. The zero-order valence-corrected chi connectivity index (χ0v) is 21.3. The predicted octanol–water partition coefficient (Wildman–Crippen LogP) is 4.38. The first kappa shape index (κ1) is 26.3. The van der Waals surface area contributed by atoms with E-state index in [0.717, 1.165) is 46.5 Å². The summed E-state index contributed by atoms with van der Waals surface area (Å²) in [4.78, 5) is 34.1. The number of carbonyl (C=O) groups is 2. The minimum atomic E-state index is -0.323. The van der Waals surface area contributed by atoms with Crippen LogP contribution in [0.3, 0.4) is 0 Å². The van der Waals surface area contributed by atoms with Crippen LogP contribution in [0.4, 0.5) is 23.0 Å². The van der Waals surface area contributed by atoms with Gasteiger partial charge in [0, 0.05) is 47.3 Å². The lowest BCUT2D eigenvalue weighted by Crippen LogP contribution is -2.36. The minimum Gasteiger partial charge on any atom is -0.384 e. The van der Waals surface area contributed by atoms with Gasteiger partial charge in [-0.3, -0.25) is 14.5 Å². The number of hydrogen-bond donors (Lipinski definition) is 4. The summed E-state index contributed by atoms with van der Waals surface area (Å²) in [6.45, 7) is 7.94. The van der Waals surface area contributed by atoms with Gasteiger partial charge in [-0.1, -0.05) is 43.8 Å². The number of anilines is 4. The highest BCUT2D eigenvalue weighted by Gasteiger charge is 2.10. The molecule has 0 atom stereocenters. The van der Waals surface area contributed by atoms with Crippen LogP contribution in [0.15, 0.2) is 85.6 Å². The summed E-state index contributed by atoms with van der Waals surface area (Å²) in [7, 11) is 0. The van der Waals surface area contributed by atoms with E-state index in [-0.39, 0.29) is 18.4 Å². The van der Waals surface area contributed by atoms with Gasteiger partial charge in [-0.2, -0.15) is 0 Å². The first-order valence-corrected chi connectivity index (χ1v) is 12.4. The van der Waals surface area contributed by atoms with E-state index in [0.29, 0.717) is 18.2 Å². The Kier molecular flexibility index (Phi) is 8.63. The lowest BCUT2D eigenvalue weighted by molar-refractivity contribution is -0.119. The van der Waals surface area contributed by atoms with Crippen LogP contribution in [-0.2, 0) is 9.59 Å². The number of carbonyl (C=O) groups excluding carboxylic acids is 2. The maximum absolute atomic E-state index is 11.7. The molecule has 0 unspecified atom stereocenters. The molecule has 3 aromatic carbocycles. The molecule has 0 aliphatic carbocycles. The first-order valence-electron chi connectivity index (χ1n) is 12.4. The molecular formula is C29H31N7O2. The van der Waals surface area contributed by atoms with Crippen molar-refractivity contribution in [3.05, 3.63) is 85.6 Å². The van der Waals surface area contributed by atoms with Gasteiger partial charge in [0.1, 0.15) is 0 Å². The summed E-state index contributed by atoms with van der Waals surface area (Å²) in [5.74, 6) is -0.108. The maximum Gasteiger partial charge on any atom is 0.247 e. The molecule has 0 saturated carbocycles. The number of amides is 2. The third-order valence-corrected chi connectivity index (χ3v) is 5.96. The van der Waals surface area contributed by atoms with Crippen molar-refractivity contribution in [2.24, 2.45) is 5.73 Å². The predicted molar refractivity (Wildman–Crippen MR) is 153 cm³/mol. The number of fused-ring (bicyclic) bond motifs is 1. The van der Waals surface area contributed by atoms with Gasteiger partial charge in [0.05, 0.1) is 12.1 Å². The van der Waals surface area contributed by atoms with E-state index in [1.54, 1.807) is 6.20 Å². The Morgan fingerprint density at radius 3 is 2.53 bits per heavy atom. The molecule has 9 heteroatoms. The molecule has 5 N–H and O–H groups in total. The molecule has 0 bridgehead atoms. The number of rotatable bonds is 12. The standard InChI is InChI=1S/C29H31N7O2/c1-3-27(38)33-24-9-5-7-20(17-24)25-10-6-8-21-18-32-29(35-28(21)25)34-23-13-11-22(12-14-23)31-15-16-36(4-2)19-26(30)37/h3,5-14,17-18,31H,1,4,15-16,19H2,2H3,(H2,30,37)(H,33,38)(H,32,34,35). The van der Waals surface area contributed by atoms with Crippen LogP contribution in [-0.4, -0.2) is 52.9 Å². The monoisotopic (exact) mass is 509 g/mol. The molecule has 1 aromatic heterocycles. The fourth-order valence-electron chi connectivity index (χ4n) is 4.03. The number of primary amides is 1. The Balaban J connectivity index is 1.47. The van der Waals surface area contributed by atoms with E-state index in [1.807, 2.05) is 78.6 Å². The van der Waals surface area contributed by atoms with Crippen molar-refractivity contribution >= 4 is 45.7 Å². The van der Waals surface area contributed by atoms with E-state index >= 15 is 0 Å². The van der Waals surface area contributed by atoms with Crippen LogP contribution in [0.2, 0.25) is 0 Å². The second kappa shape index (κ2) is 12.5. The van der Waals surface area contributed by atoms with Crippen molar-refractivity contribution in [1.29, 1.82) is 0 Å². The highest BCUT2D eigenvalue weighted by molar-refractivity contribution is 6.00. The summed E-state index contributed by atoms with van der Waals surface area (Å²) >= 11 is 0. The third kappa shape index (κ3) is 6.92. The Morgan fingerprint density at radius 2 is 1.79 bits per heavy atom. The summed E-state index contributed by atoms with van der Waals surface area (Å²) in [6, 6.07) is 21.4. The van der Waals surface area contributed by atoms with Gasteiger partial charge in [0.25, 0.3) is 0 Å². The van der Waals surface area contributed by atoms with E-state index < -0.39 is 0 Å². The molecule has 0 radical (unpaired) electrons. The van der Waals surface area contributed by atoms with Crippen LogP contribution < -0.4 is 21.7 Å². The van der Waals surface area contributed by atoms with Crippen molar-refractivity contribution in [3.8, 4) is 11.1 Å². The zero-order valence-electron chi connectivity index (χ0n) is 21.3. The summed E-state index contributed by atoms with van der Waals surface area (Å²) in [5.41, 5.74) is 10.4. The van der Waals surface area contributed by atoms with Gasteiger partial charge in [-0.15, -0.1) is 0 Å². The number of para-hydroxylation sites is 1. The molecule has 0 aliphatic heterocycles. The molecule has 194 valence electrons. The number of nitrogens with zero attached hydrogens (tertiary/aromatic N) is 3. The van der Waals surface area contributed by atoms with Gasteiger partial charge >= 0.3 is 0 Å². The Labute approximate surface area is 221 Å². The van der Waals surface area contributed by atoms with E-state index in [1.165, 1.54) is 6.08 Å². The summed E-state index contributed by atoms with van der Waals surface area (Å²) in [5, 5.41) is 10.3. The summed E-state index contributed by atoms with van der Waals surface area (Å²) < 4.78 is 0. The van der Waals surface area contributed by atoms with Gasteiger partial charge in [-0.25, -0.2) is 9.97 Å². The zero-order chi connectivity index (χ0) is 26.9. The normalized spacial score (nSPS) is 10.8. The molecule has 9 nitrogen and oxygen atoms in total. The largest absolute Gasteiger partial charge is 0.384 e. The second-order valence-electron chi connectivity index (χ2n) is 8.68. The molecule has 38 heavy (non-hydrogen) atoms. The topological polar surface area (TPSA) is 125 Å². The Hall–Kier alpha value is -4.76. The molecule has 0 spiro atoms. The average Bonchev–Trinajstić information content (AvgIpc) is 2.93. The average molecular weight is 510 g/mol. The highest BCUT2D eigenvalue weighted by atomic mass is 16.1. The number of benzene rings is 3. The number of likely N-dealkylation sites (N-methyl/N-ethyl adjacent to an activating group) is 1. The van der Waals surface area contributed by atoms with Gasteiger partial charge < -0.3 is 21.7 Å². The molecule has 0 aliphatic rings. The smallest absolute Gasteiger partial charge is 0.247 e. The van der Waals surface area contributed by atoms with Gasteiger partial charge in [-0.05, 0) is 54.6 Å². The second-order valence-corrected chi connectivity index (χ2v) is 8.68. The Morgan fingerprint density at radius 1 is 1.03 bits per heavy atom. The lowest BCUT2D eigenvalue weighted by Gasteiger charge is -2.19. The van der Waals surface area contributed by atoms with Crippen LogP contribution in [0.5, 0.6) is 0 Å². The third-order valence-electron chi connectivity index (χ3n) is 5.96. The molecular weight excluding hydrogens is 478 g/mol. The van der Waals surface area contributed by atoms with Crippen molar-refractivity contribution in [2.75, 3.05) is 42.1 Å². The SMILES string of the molecule is C=CC(=O)Nc1cccc(-c2cccc3cnc(Nc4ccc(NCCN(CC)CC(N)=O)cc4)nc23)c1. The molecule has 2 amide bonds. The number of aromatic nitrogens is 2. The highest BCUT2D eigenvalue weighted by Crippen LogP contribution is 2.30. The van der Waals surface area contributed by atoms with Crippen molar-refractivity contribution in [1.82, 2.24) is 14.9 Å². The molecule has 4 aromatic rings. The number of nitrogens with one attached hydrogen (secondary N) is 3. The maximum atomic E-state index is 11.7.